The summed E-state index contributed by atoms with van der Waals surface area (Å²) in [6.45, 7) is 1.99. The van der Waals surface area contributed by atoms with Gasteiger partial charge in [0.25, 0.3) is 0 Å². The van der Waals surface area contributed by atoms with Crippen LogP contribution in [0.4, 0.5) is 0 Å². The van der Waals surface area contributed by atoms with E-state index in [2.05, 4.69) is 4.74 Å². The van der Waals surface area contributed by atoms with Crippen molar-refractivity contribution in [2.24, 2.45) is 5.92 Å². The van der Waals surface area contributed by atoms with Crippen LogP contribution >= 0.6 is 0 Å². The SMILES string of the molecule is COC(=O)C1OCC(O)C1C. The van der Waals surface area contributed by atoms with E-state index in [1.807, 2.05) is 0 Å². The summed E-state index contributed by atoms with van der Waals surface area (Å²) in [6, 6.07) is 0. The third-order valence-corrected chi connectivity index (χ3v) is 1.96. The summed E-state index contributed by atoms with van der Waals surface area (Å²) in [5.41, 5.74) is 0. The number of hydrogen-bond acceptors (Lipinski definition) is 4. The van der Waals surface area contributed by atoms with Crippen LogP contribution in [0.3, 0.4) is 0 Å². The number of carbonyl (C=O) groups is 1. The van der Waals surface area contributed by atoms with Crippen molar-refractivity contribution < 1.29 is 19.4 Å². The van der Waals surface area contributed by atoms with Crippen LogP contribution in [0.15, 0.2) is 0 Å². The number of aliphatic hydroxyl groups excluding tert-OH is 1. The van der Waals surface area contributed by atoms with Crippen LogP contribution in [-0.2, 0) is 14.3 Å². The Morgan fingerprint density at radius 2 is 2.36 bits per heavy atom. The van der Waals surface area contributed by atoms with Gasteiger partial charge < -0.3 is 14.6 Å². The molecule has 1 N–H and O–H groups in total. The van der Waals surface area contributed by atoms with Gasteiger partial charge in [-0.15, -0.1) is 0 Å². The van der Waals surface area contributed by atoms with E-state index >= 15 is 0 Å². The van der Waals surface area contributed by atoms with Crippen molar-refractivity contribution in [2.75, 3.05) is 13.7 Å². The Balaban J connectivity index is 2.54. The Kier molecular flexibility index (Phi) is 2.46. The van der Waals surface area contributed by atoms with Crippen LogP contribution in [0.5, 0.6) is 0 Å². The summed E-state index contributed by atoms with van der Waals surface area (Å²) >= 11 is 0. The highest BCUT2D eigenvalue weighted by Crippen LogP contribution is 2.21. The molecule has 0 aliphatic carbocycles. The number of methoxy groups -OCH3 is 1. The van der Waals surface area contributed by atoms with E-state index in [1.54, 1.807) is 6.92 Å². The zero-order valence-corrected chi connectivity index (χ0v) is 6.61. The van der Waals surface area contributed by atoms with Crippen molar-refractivity contribution in [1.29, 1.82) is 0 Å². The largest absolute Gasteiger partial charge is 0.467 e. The van der Waals surface area contributed by atoms with Gasteiger partial charge in [-0.2, -0.15) is 0 Å². The maximum Gasteiger partial charge on any atom is 0.335 e. The first-order chi connectivity index (χ1) is 5.16. The van der Waals surface area contributed by atoms with Crippen LogP contribution in [0.2, 0.25) is 0 Å². The molecule has 1 saturated heterocycles. The summed E-state index contributed by atoms with van der Waals surface area (Å²) in [6.07, 6.45) is -1.13. The second kappa shape index (κ2) is 3.19. The molecule has 1 aliphatic rings. The van der Waals surface area contributed by atoms with E-state index in [9.17, 15) is 9.90 Å². The molecule has 4 heteroatoms. The molecule has 0 aromatic carbocycles. The fourth-order valence-electron chi connectivity index (χ4n) is 1.11. The van der Waals surface area contributed by atoms with E-state index in [0.717, 1.165) is 0 Å². The summed E-state index contributed by atoms with van der Waals surface area (Å²) in [4.78, 5) is 10.9. The molecule has 4 nitrogen and oxygen atoms in total. The molecule has 64 valence electrons. The molecule has 0 aromatic rings. The summed E-state index contributed by atoms with van der Waals surface area (Å²) in [5.74, 6) is -0.573. The van der Waals surface area contributed by atoms with Gasteiger partial charge in [-0.25, -0.2) is 4.79 Å². The van der Waals surface area contributed by atoms with Gasteiger partial charge in [0.15, 0.2) is 6.10 Å². The highest BCUT2D eigenvalue weighted by molar-refractivity contribution is 5.75. The standard InChI is InChI=1S/C7H12O4/c1-4-5(8)3-11-6(4)7(9)10-2/h4-6,8H,3H2,1-2H3. The van der Waals surface area contributed by atoms with Crippen LogP contribution in [-0.4, -0.2) is 37.0 Å². The van der Waals surface area contributed by atoms with Gasteiger partial charge in [0.2, 0.25) is 0 Å². The number of aliphatic hydroxyl groups is 1. The Morgan fingerprint density at radius 3 is 2.73 bits per heavy atom. The molecule has 0 aromatic heterocycles. The lowest BCUT2D eigenvalue weighted by atomic mass is 10.0. The molecule has 1 rings (SSSR count). The molecule has 1 fully saturated rings. The van der Waals surface area contributed by atoms with Crippen molar-refractivity contribution >= 4 is 5.97 Å². The normalized spacial score (nSPS) is 37.2. The molecule has 1 aliphatic heterocycles. The second-order valence-electron chi connectivity index (χ2n) is 2.70. The molecule has 0 saturated carbocycles. The quantitative estimate of drug-likeness (QED) is 0.528. The average Bonchev–Trinajstić information content (AvgIpc) is 2.32. The van der Waals surface area contributed by atoms with Gasteiger partial charge in [0.1, 0.15) is 0 Å². The predicted molar refractivity (Wildman–Crippen MR) is 36.9 cm³/mol. The van der Waals surface area contributed by atoms with E-state index < -0.39 is 18.2 Å². The van der Waals surface area contributed by atoms with Gasteiger partial charge in [-0.3, -0.25) is 0 Å². The third-order valence-electron chi connectivity index (χ3n) is 1.96. The van der Waals surface area contributed by atoms with E-state index in [1.165, 1.54) is 7.11 Å². The van der Waals surface area contributed by atoms with Gasteiger partial charge in [-0.1, -0.05) is 6.92 Å². The molecule has 3 unspecified atom stereocenters. The molecule has 3 atom stereocenters. The lowest BCUT2D eigenvalue weighted by molar-refractivity contribution is -0.152. The number of rotatable bonds is 1. The van der Waals surface area contributed by atoms with Gasteiger partial charge in [0.05, 0.1) is 19.8 Å². The Hall–Kier alpha value is -0.610. The molecular weight excluding hydrogens is 148 g/mol. The maximum absolute atomic E-state index is 10.9. The minimum Gasteiger partial charge on any atom is -0.467 e. The molecule has 1 heterocycles. The Bertz CT molecular complexity index is 157. The zero-order valence-electron chi connectivity index (χ0n) is 6.61. The van der Waals surface area contributed by atoms with Gasteiger partial charge in [0, 0.05) is 5.92 Å². The average molecular weight is 160 g/mol. The van der Waals surface area contributed by atoms with E-state index in [4.69, 9.17) is 4.74 Å². The minimum absolute atomic E-state index is 0.164. The van der Waals surface area contributed by atoms with Gasteiger partial charge in [-0.05, 0) is 0 Å². The lowest BCUT2D eigenvalue weighted by Crippen LogP contribution is -2.29. The smallest absolute Gasteiger partial charge is 0.335 e. The fourth-order valence-corrected chi connectivity index (χ4v) is 1.11. The molecular formula is C7H12O4. The highest BCUT2D eigenvalue weighted by Gasteiger charge is 2.38. The van der Waals surface area contributed by atoms with Crippen LogP contribution in [0, 0.1) is 5.92 Å². The van der Waals surface area contributed by atoms with Crippen molar-refractivity contribution in [3.63, 3.8) is 0 Å². The van der Waals surface area contributed by atoms with Crippen molar-refractivity contribution in [1.82, 2.24) is 0 Å². The molecule has 0 bridgehead atoms. The zero-order chi connectivity index (χ0) is 8.43. The number of hydrogen-bond donors (Lipinski definition) is 1. The first-order valence-corrected chi connectivity index (χ1v) is 3.54. The molecule has 0 amide bonds. The Morgan fingerprint density at radius 1 is 1.73 bits per heavy atom. The summed E-state index contributed by atoms with van der Waals surface area (Å²) in [7, 11) is 1.31. The third kappa shape index (κ3) is 1.52. The van der Waals surface area contributed by atoms with Crippen molar-refractivity contribution in [3.05, 3.63) is 0 Å². The first kappa shape index (κ1) is 8.49. The van der Waals surface area contributed by atoms with Crippen LogP contribution in [0.1, 0.15) is 6.92 Å². The molecule has 0 radical (unpaired) electrons. The lowest BCUT2D eigenvalue weighted by Gasteiger charge is -2.12. The van der Waals surface area contributed by atoms with E-state index in [-0.39, 0.29) is 12.5 Å². The number of esters is 1. The molecule has 11 heavy (non-hydrogen) atoms. The highest BCUT2D eigenvalue weighted by atomic mass is 16.6. The Labute approximate surface area is 65.1 Å². The fraction of sp³-hybridized carbons (Fsp3) is 0.857. The van der Waals surface area contributed by atoms with Gasteiger partial charge >= 0.3 is 5.97 Å². The van der Waals surface area contributed by atoms with Crippen molar-refractivity contribution in [2.45, 2.75) is 19.1 Å². The topological polar surface area (TPSA) is 55.8 Å². The maximum atomic E-state index is 10.9. The summed E-state index contributed by atoms with van der Waals surface area (Å²) in [5, 5.41) is 9.18. The second-order valence-corrected chi connectivity index (χ2v) is 2.70. The first-order valence-electron chi connectivity index (χ1n) is 3.54. The molecule has 0 spiro atoms. The monoisotopic (exact) mass is 160 g/mol. The minimum atomic E-state index is -0.588. The number of carbonyl (C=O) groups excluding carboxylic acids is 1. The summed E-state index contributed by atoms with van der Waals surface area (Å²) < 4.78 is 9.48. The number of ether oxygens (including phenoxy) is 2. The van der Waals surface area contributed by atoms with Crippen LogP contribution in [0.25, 0.3) is 0 Å². The van der Waals surface area contributed by atoms with E-state index in [0.29, 0.717) is 0 Å². The van der Waals surface area contributed by atoms with Crippen molar-refractivity contribution in [3.8, 4) is 0 Å². The van der Waals surface area contributed by atoms with Crippen LogP contribution < -0.4 is 0 Å². The predicted octanol–water partition coefficient (Wildman–Crippen LogP) is -0.445.